The van der Waals surface area contributed by atoms with Crippen molar-refractivity contribution in [3.05, 3.63) is 23.7 Å². The minimum absolute atomic E-state index is 0. The smallest absolute Gasteiger partial charge is 0.254 e. The lowest BCUT2D eigenvalue weighted by molar-refractivity contribution is 0.0202. The first kappa shape index (κ1) is 19.0. The van der Waals surface area contributed by atoms with Gasteiger partial charge in [0.15, 0.2) is 0 Å². The Bertz CT molecular complexity index is 433. The summed E-state index contributed by atoms with van der Waals surface area (Å²) in [5, 5.41) is 2.84. The largest absolute Gasteiger partial charge is 0.467 e. The maximum Gasteiger partial charge on any atom is 0.254 e. The van der Waals surface area contributed by atoms with E-state index in [9.17, 15) is 4.79 Å². The van der Waals surface area contributed by atoms with Crippen LogP contribution in [-0.4, -0.2) is 38.9 Å². The number of carbonyl (C=O) groups is 1. The Morgan fingerprint density at radius 2 is 2.18 bits per heavy atom. The maximum atomic E-state index is 11.8. The zero-order valence-electron chi connectivity index (χ0n) is 12.7. The first-order chi connectivity index (χ1) is 10.3. The topological polar surface area (TPSA) is 86.7 Å². The van der Waals surface area contributed by atoms with E-state index in [2.05, 4.69) is 5.32 Å². The summed E-state index contributed by atoms with van der Waals surface area (Å²) in [5.74, 6) is 1.09. The maximum absolute atomic E-state index is 11.8. The van der Waals surface area contributed by atoms with Gasteiger partial charge in [0.05, 0.1) is 12.1 Å². The normalized spacial score (nSPS) is 15.3. The van der Waals surface area contributed by atoms with E-state index in [0.717, 1.165) is 39.1 Å². The third-order valence-corrected chi connectivity index (χ3v) is 3.56. The highest BCUT2D eigenvalue weighted by Gasteiger charge is 2.13. The molecule has 1 aromatic rings. The second-order valence-corrected chi connectivity index (χ2v) is 5.25. The highest BCUT2D eigenvalue weighted by molar-refractivity contribution is 5.93. The van der Waals surface area contributed by atoms with E-state index >= 15 is 0 Å². The molecule has 6 nitrogen and oxygen atoms in total. The van der Waals surface area contributed by atoms with Crippen LogP contribution in [0.3, 0.4) is 0 Å². The van der Waals surface area contributed by atoms with Gasteiger partial charge in [-0.1, -0.05) is 0 Å². The molecule has 1 aliphatic rings. The highest BCUT2D eigenvalue weighted by atomic mass is 35.5. The third kappa shape index (κ3) is 6.36. The number of halogens is 1. The molecule has 7 heteroatoms. The average molecular weight is 333 g/mol. The van der Waals surface area contributed by atoms with Gasteiger partial charge in [0, 0.05) is 33.0 Å². The zero-order chi connectivity index (χ0) is 14.9. The number of hydrogen-bond acceptors (Lipinski definition) is 5. The number of nitrogens with one attached hydrogen (secondary N) is 1. The molecule has 0 radical (unpaired) electrons. The molecule has 2 rings (SSSR count). The number of nitrogens with two attached hydrogens (primary N) is 1. The Morgan fingerprint density at radius 1 is 1.41 bits per heavy atom. The van der Waals surface area contributed by atoms with E-state index in [1.54, 1.807) is 6.07 Å². The van der Waals surface area contributed by atoms with Crippen LogP contribution in [0.5, 0.6) is 0 Å². The number of carbonyl (C=O) groups excluding carboxylic acids is 1. The first-order valence-corrected chi connectivity index (χ1v) is 7.50. The molecule has 0 spiro atoms. The molecule has 22 heavy (non-hydrogen) atoms. The van der Waals surface area contributed by atoms with Gasteiger partial charge in [0.2, 0.25) is 0 Å². The Balaban J connectivity index is 0.00000242. The molecule has 1 aromatic heterocycles. The van der Waals surface area contributed by atoms with Crippen molar-refractivity contribution in [3.8, 4) is 0 Å². The lowest BCUT2D eigenvalue weighted by Crippen LogP contribution is -2.25. The van der Waals surface area contributed by atoms with Gasteiger partial charge in [-0.2, -0.15) is 0 Å². The zero-order valence-corrected chi connectivity index (χ0v) is 13.5. The molecule has 1 saturated heterocycles. The SMILES string of the molecule is Cl.NCc1cc(C(=O)NCCCOCC2CCOCC2)co1. The molecule has 0 saturated carbocycles. The van der Waals surface area contributed by atoms with Crippen LogP contribution in [0.25, 0.3) is 0 Å². The van der Waals surface area contributed by atoms with Crippen LogP contribution in [0, 0.1) is 5.92 Å². The summed E-state index contributed by atoms with van der Waals surface area (Å²) in [6.07, 6.45) is 4.40. The fraction of sp³-hybridized carbons (Fsp3) is 0.667. The summed E-state index contributed by atoms with van der Waals surface area (Å²) in [6, 6.07) is 1.66. The van der Waals surface area contributed by atoms with Gasteiger partial charge in [0.25, 0.3) is 5.91 Å². The molecule has 1 aliphatic heterocycles. The molecule has 0 unspecified atom stereocenters. The predicted molar refractivity (Wildman–Crippen MR) is 85.2 cm³/mol. The number of hydrogen-bond donors (Lipinski definition) is 2. The molecule has 0 atom stereocenters. The van der Waals surface area contributed by atoms with E-state index in [4.69, 9.17) is 19.6 Å². The third-order valence-electron chi connectivity index (χ3n) is 3.56. The monoisotopic (exact) mass is 332 g/mol. The standard InChI is InChI=1S/C15H24N2O4.ClH/c16-9-14-8-13(11-21-14)15(18)17-4-1-5-20-10-12-2-6-19-7-3-12;/h8,11-12H,1-7,9-10,16H2,(H,17,18);1H. The molecule has 3 N–H and O–H groups in total. The number of amides is 1. The van der Waals surface area contributed by atoms with Crippen LogP contribution in [0.15, 0.2) is 16.7 Å². The van der Waals surface area contributed by atoms with Crippen LogP contribution in [0.1, 0.15) is 35.4 Å². The van der Waals surface area contributed by atoms with Crippen molar-refractivity contribution >= 4 is 18.3 Å². The summed E-state index contributed by atoms with van der Waals surface area (Å²) in [4.78, 5) is 11.8. The molecule has 1 amide bonds. The first-order valence-electron chi connectivity index (χ1n) is 7.50. The van der Waals surface area contributed by atoms with Crippen molar-refractivity contribution in [1.29, 1.82) is 0 Å². The number of rotatable bonds is 8. The Kier molecular flexibility index (Phi) is 9.15. The van der Waals surface area contributed by atoms with Crippen LogP contribution in [0.2, 0.25) is 0 Å². The molecular weight excluding hydrogens is 308 g/mol. The van der Waals surface area contributed by atoms with Crippen LogP contribution < -0.4 is 11.1 Å². The minimum atomic E-state index is -0.136. The van der Waals surface area contributed by atoms with Gasteiger partial charge in [-0.25, -0.2) is 0 Å². The summed E-state index contributed by atoms with van der Waals surface area (Å²) < 4.78 is 16.1. The van der Waals surface area contributed by atoms with E-state index in [1.807, 2.05) is 0 Å². The Morgan fingerprint density at radius 3 is 2.86 bits per heavy atom. The molecule has 2 heterocycles. The van der Waals surface area contributed by atoms with Gasteiger partial charge in [-0.3, -0.25) is 4.79 Å². The van der Waals surface area contributed by atoms with Crippen LogP contribution in [-0.2, 0) is 16.0 Å². The fourth-order valence-electron chi connectivity index (χ4n) is 2.25. The van der Waals surface area contributed by atoms with Crippen LogP contribution in [0.4, 0.5) is 0 Å². The van der Waals surface area contributed by atoms with Crippen molar-refractivity contribution in [3.63, 3.8) is 0 Å². The van der Waals surface area contributed by atoms with Gasteiger partial charge in [-0.15, -0.1) is 12.4 Å². The average Bonchev–Trinajstić information content (AvgIpc) is 3.00. The van der Waals surface area contributed by atoms with E-state index in [1.165, 1.54) is 6.26 Å². The summed E-state index contributed by atoms with van der Waals surface area (Å²) >= 11 is 0. The minimum Gasteiger partial charge on any atom is -0.467 e. The van der Waals surface area contributed by atoms with E-state index in [0.29, 0.717) is 36.9 Å². The Hall–Kier alpha value is -1.08. The van der Waals surface area contributed by atoms with Crippen molar-refractivity contribution in [2.24, 2.45) is 11.7 Å². The Labute approximate surface area is 137 Å². The lowest BCUT2D eigenvalue weighted by atomic mass is 10.0. The van der Waals surface area contributed by atoms with Crippen molar-refractivity contribution in [1.82, 2.24) is 5.32 Å². The second kappa shape index (κ2) is 10.6. The highest BCUT2D eigenvalue weighted by Crippen LogP contribution is 2.14. The second-order valence-electron chi connectivity index (χ2n) is 5.25. The summed E-state index contributed by atoms with van der Waals surface area (Å²) in [7, 11) is 0. The fourth-order valence-corrected chi connectivity index (χ4v) is 2.25. The van der Waals surface area contributed by atoms with Crippen molar-refractivity contribution in [2.45, 2.75) is 25.8 Å². The van der Waals surface area contributed by atoms with E-state index < -0.39 is 0 Å². The quantitative estimate of drug-likeness (QED) is 0.708. The lowest BCUT2D eigenvalue weighted by Gasteiger charge is -2.21. The van der Waals surface area contributed by atoms with Crippen molar-refractivity contribution in [2.75, 3.05) is 33.0 Å². The molecular formula is C15H25ClN2O4. The van der Waals surface area contributed by atoms with Gasteiger partial charge in [-0.05, 0) is 31.2 Å². The summed E-state index contributed by atoms with van der Waals surface area (Å²) in [5.41, 5.74) is 5.94. The molecule has 0 aliphatic carbocycles. The van der Waals surface area contributed by atoms with Gasteiger partial charge in [0.1, 0.15) is 12.0 Å². The number of ether oxygens (including phenoxy) is 2. The number of furan rings is 1. The van der Waals surface area contributed by atoms with Gasteiger partial charge < -0.3 is 24.9 Å². The molecule has 126 valence electrons. The molecule has 1 fully saturated rings. The molecule has 0 bridgehead atoms. The van der Waals surface area contributed by atoms with Crippen LogP contribution >= 0.6 is 12.4 Å². The van der Waals surface area contributed by atoms with Gasteiger partial charge >= 0.3 is 0 Å². The van der Waals surface area contributed by atoms with E-state index in [-0.39, 0.29) is 18.3 Å². The predicted octanol–water partition coefficient (Wildman–Crippen LogP) is 1.72. The van der Waals surface area contributed by atoms with Crippen molar-refractivity contribution < 1.29 is 18.7 Å². The molecule has 0 aromatic carbocycles. The summed E-state index contributed by atoms with van der Waals surface area (Å²) in [6.45, 7) is 4.04.